The lowest BCUT2D eigenvalue weighted by atomic mass is 10.0. The van der Waals surface area contributed by atoms with Crippen molar-refractivity contribution in [3.05, 3.63) is 11.9 Å². The van der Waals surface area contributed by atoms with Crippen LogP contribution >= 0.6 is 0 Å². The predicted octanol–water partition coefficient (Wildman–Crippen LogP) is -0.280. The molecule has 104 valence electrons. The summed E-state index contributed by atoms with van der Waals surface area (Å²) in [4.78, 5) is 12.1. The van der Waals surface area contributed by atoms with Crippen LogP contribution < -0.4 is 10.6 Å². The Kier molecular flexibility index (Phi) is 3.48. The van der Waals surface area contributed by atoms with Crippen LogP contribution in [-0.4, -0.2) is 52.7 Å². The van der Waals surface area contributed by atoms with Gasteiger partial charge in [0, 0.05) is 25.7 Å². The van der Waals surface area contributed by atoms with Crippen LogP contribution in [-0.2, 0) is 4.74 Å². The zero-order valence-electron chi connectivity index (χ0n) is 11.0. The molecule has 19 heavy (non-hydrogen) atoms. The Morgan fingerprint density at radius 3 is 3.11 bits per heavy atom. The molecule has 0 spiro atoms. The maximum Gasteiger partial charge on any atom is 0.273 e. The SMILES string of the molecule is CC1CC(NC(=O)c2cn(C3CNC3)nn2)CCO1. The summed E-state index contributed by atoms with van der Waals surface area (Å²) in [5.74, 6) is -0.141. The van der Waals surface area contributed by atoms with Crippen molar-refractivity contribution in [1.82, 2.24) is 25.6 Å². The van der Waals surface area contributed by atoms with Gasteiger partial charge in [0.25, 0.3) is 5.91 Å². The smallest absolute Gasteiger partial charge is 0.273 e. The molecule has 2 N–H and O–H groups in total. The first-order valence-electron chi connectivity index (χ1n) is 6.77. The summed E-state index contributed by atoms with van der Waals surface area (Å²) in [6.07, 6.45) is 3.64. The standard InChI is InChI=1S/C12H19N5O2/c1-8-4-9(2-3-19-8)14-12(18)11-7-17(16-15-11)10-5-13-6-10/h7-10,13H,2-6H2,1H3,(H,14,18). The third kappa shape index (κ3) is 2.76. The van der Waals surface area contributed by atoms with Crippen LogP contribution in [0.3, 0.4) is 0 Å². The zero-order valence-corrected chi connectivity index (χ0v) is 11.0. The number of rotatable bonds is 3. The van der Waals surface area contributed by atoms with Crippen molar-refractivity contribution >= 4 is 5.91 Å². The van der Waals surface area contributed by atoms with Crippen LogP contribution in [0.1, 0.15) is 36.3 Å². The van der Waals surface area contributed by atoms with Crippen LogP contribution in [0.5, 0.6) is 0 Å². The summed E-state index contributed by atoms with van der Waals surface area (Å²) >= 11 is 0. The molecule has 2 aliphatic heterocycles. The highest BCUT2D eigenvalue weighted by Gasteiger charge is 2.24. The maximum atomic E-state index is 12.1. The maximum absolute atomic E-state index is 12.1. The molecule has 0 saturated carbocycles. The molecule has 3 heterocycles. The molecular formula is C12H19N5O2. The molecule has 2 saturated heterocycles. The fourth-order valence-corrected chi connectivity index (χ4v) is 2.41. The molecule has 0 bridgehead atoms. The summed E-state index contributed by atoms with van der Waals surface area (Å²) in [5.41, 5.74) is 0.394. The van der Waals surface area contributed by atoms with Crippen molar-refractivity contribution < 1.29 is 9.53 Å². The molecule has 1 aromatic heterocycles. The number of nitrogens with zero attached hydrogens (tertiary/aromatic N) is 3. The number of aromatic nitrogens is 3. The first-order valence-corrected chi connectivity index (χ1v) is 6.77. The molecule has 2 unspecified atom stereocenters. The minimum atomic E-state index is -0.141. The molecule has 1 amide bonds. The Balaban J connectivity index is 1.58. The Labute approximate surface area is 111 Å². The van der Waals surface area contributed by atoms with Crippen LogP contribution in [0.4, 0.5) is 0 Å². The number of hydrogen-bond donors (Lipinski definition) is 2. The fourth-order valence-electron chi connectivity index (χ4n) is 2.41. The van der Waals surface area contributed by atoms with E-state index < -0.39 is 0 Å². The Bertz CT molecular complexity index is 457. The van der Waals surface area contributed by atoms with E-state index in [1.165, 1.54) is 0 Å². The quantitative estimate of drug-likeness (QED) is 0.785. The number of carbonyl (C=O) groups excluding carboxylic acids is 1. The zero-order chi connectivity index (χ0) is 13.2. The minimum Gasteiger partial charge on any atom is -0.378 e. The molecule has 1 aromatic rings. The van der Waals surface area contributed by atoms with Gasteiger partial charge in [0.15, 0.2) is 5.69 Å². The van der Waals surface area contributed by atoms with Gasteiger partial charge in [-0.05, 0) is 19.8 Å². The molecule has 7 heteroatoms. The van der Waals surface area contributed by atoms with Crippen molar-refractivity contribution in [2.24, 2.45) is 0 Å². The Morgan fingerprint density at radius 2 is 2.42 bits per heavy atom. The van der Waals surface area contributed by atoms with E-state index in [0.717, 1.165) is 25.9 Å². The van der Waals surface area contributed by atoms with Crippen molar-refractivity contribution in [3.63, 3.8) is 0 Å². The lowest BCUT2D eigenvalue weighted by Gasteiger charge is -2.27. The number of hydrogen-bond acceptors (Lipinski definition) is 5. The van der Waals surface area contributed by atoms with Crippen molar-refractivity contribution in [3.8, 4) is 0 Å². The first-order chi connectivity index (χ1) is 9.22. The van der Waals surface area contributed by atoms with Crippen molar-refractivity contribution in [2.75, 3.05) is 19.7 Å². The van der Waals surface area contributed by atoms with Gasteiger partial charge in [0.2, 0.25) is 0 Å². The predicted molar refractivity (Wildman–Crippen MR) is 67.8 cm³/mol. The van der Waals surface area contributed by atoms with Crippen LogP contribution in [0.25, 0.3) is 0 Å². The van der Waals surface area contributed by atoms with Gasteiger partial charge in [-0.15, -0.1) is 5.10 Å². The largest absolute Gasteiger partial charge is 0.378 e. The van der Waals surface area contributed by atoms with Gasteiger partial charge in [-0.1, -0.05) is 5.21 Å². The monoisotopic (exact) mass is 265 g/mol. The van der Waals surface area contributed by atoms with Gasteiger partial charge in [0.1, 0.15) is 0 Å². The topological polar surface area (TPSA) is 81.1 Å². The number of ether oxygens (including phenoxy) is 1. The average molecular weight is 265 g/mol. The number of carbonyl (C=O) groups is 1. The molecule has 2 fully saturated rings. The van der Waals surface area contributed by atoms with E-state index >= 15 is 0 Å². The highest BCUT2D eigenvalue weighted by molar-refractivity contribution is 5.92. The van der Waals surface area contributed by atoms with Crippen LogP contribution in [0, 0.1) is 0 Å². The molecule has 7 nitrogen and oxygen atoms in total. The van der Waals surface area contributed by atoms with E-state index in [-0.39, 0.29) is 18.1 Å². The third-order valence-corrected chi connectivity index (χ3v) is 3.70. The lowest BCUT2D eigenvalue weighted by molar-refractivity contribution is 0.0136. The Hall–Kier alpha value is -1.47. The first kappa shape index (κ1) is 12.6. The van der Waals surface area contributed by atoms with Gasteiger partial charge in [-0.3, -0.25) is 4.79 Å². The molecule has 0 aliphatic carbocycles. The van der Waals surface area contributed by atoms with Gasteiger partial charge >= 0.3 is 0 Å². The third-order valence-electron chi connectivity index (χ3n) is 3.70. The summed E-state index contributed by atoms with van der Waals surface area (Å²) in [5, 5.41) is 14.1. The molecule has 0 radical (unpaired) electrons. The fraction of sp³-hybridized carbons (Fsp3) is 0.750. The van der Waals surface area contributed by atoms with E-state index in [1.807, 2.05) is 6.92 Å². The van der Waals surface area contributed by atoms with Crippen LogP contribution in [0.2, 0.25) is 0 Å². The molecular weight excluding hydrogens is 246 g/mol. The highest BCUT2D eigenvalue weighted by atomic mass is 16.5. The summed E-state index contributed by atoms with van der Waals surface area (Å²) < 4.78 is 7.22. The summed E-state index contributed by atoms with van der Waals surface area (Å²) in [7, 11) is 0. The molecule has 2 atom stereocenters. The van der Waals surface area contributed by atoms with E-state index in [2.05, 4.69) is 20.9 Å². The highest BCUT2D eigenvalue weighted by Crippen LogP contribution is 2.14. The number of nitrogens with one attached hydrogen (secondary N) is 2. The molecule has 3 rings (SSSR count). The second kappa shape index (κ2) is 5.26. The van der Waals surface area contributed by atoms with Crippen LogP contribution in [0.15, 0.2) is 6.20 Å². The van der Waals surface area contributed by atoms with E-state index in [1.54, 1.807) is 10.9 Å². The van der Waals surface area contributed by atoms with Gasteiger partial charge in [-0.25, -0.2) is 4.68 Å². The minimum absolute atomic E-state index is 0.141. The van der Waals surface area contributed by atoms with Crippen molar-refractivity contribution in [2.45, 2.75) is 38.0 Å². The van der Waals surface area contributed by atoms with E-state index in [4.69, 9.17) is 4.74 Å². The van der Waals surface area contributed by atoms with Crippen molar-refractivity contribution in [1.29, 1.82) is 0 Å². The normalized spacial score (nSPS) is 27.8. The van der Waals surface area contributed by atoms with Gasteiger partial charge < -0.3 is 15.4 Å². The Morgan fingerprint density at radius 1 is 1.58 bits per heavy atom. The summed E-state index contributed by atoms with van der Waals surface area (Å²) in [6.45, 7) is 4.51. The van der Waals surface area contributed by atoms with E-state index in [0.29, 0.717) is 18.3 Å². The lowest BCUT2D eigenvalue weighted by Crippen LogP contribution is -2.43. The summed E-state index contributed by atoms with van der Waals surface area (Å²) in [6, 6.07) is 0.504. The number of amides is 1. The molecule has 0 aromatic carbocycles. The van der Waals surface area contributed by atoms with E-state index in [9.17, 15) is 4.79 Å². The van der Waals surface area contributed by atoms with Gasteiger partial charge in [-0.2, -0.15) is 0 Å². The average Bonchev–Trinajstić information content (AvgIpc) is 2.76. The molecule has 2 aliphatic rings. The second-order valence-electron chi connectivity index (χ2n) is 5.27. The van der Waals surface area contributed by atoms with Gasteiger partial charge in [0.05, 0.1) is 18.3 Å². The second-order valence-corrected chi connectivity index (χ2v) is 5.27.